The number of ether oxygens (including phenoxy) is 2. The average Bonchev–Trinajstić information content (AvgIpc) is 2.37. The number of nitrogens with one attached hydrogen (secondary N) is 1. The van der Waals surface area contributed by atoms with Crippen molar-refractivity contribution in [3.8, 4) is 11.5 Å². The van der Waals surface area contributed by atoms with Gasteiger partial charge in [0.1, 0.15) is 13.2 Å². The largest absolute Gasteiger partial charge is 0.486 e. The molecule has 1 aliphatic rings. The first-order valence-corrected chi connectivity index (χ1v) is 6.92. The summed E-state index contributed by atoms with van der Waals surface area (Å²) >= 11 is 3.37. The van der Waals surface area contributed by atoms with Gasteiger partial charge in [-0.1, -0.05) is 15.9 Å². The minimum absolute atomic E-state index is 0.114. The van der Waals surface area contributed by atoms with Crippen molar-refractivity contribution in [2.24, 2.45) is 0 Å². The Hall–Kier alpha value is -1.23. The number of hydrogen-bond donors (Lipinski definition) is 1. The average molecular weight is 314 g/mol. The summed E-state index contributed by atoms with van der Waals surface area (Å²) in [5, 5.41) is 3.64. The van der Waals surface area contributed by atoms with Crippen LogP contribution in [0.1, 0.15) is 24.2 Å². The Morgan fingerprint density at radius 3 is 2.67 bits per heavy atom. The second kappa shape index (κ2) is 5.18. The number of benzene rings is 1. The van der Waals surface area contributed by atoms with Crippen molar-refractivity contribution < 1.29 is 14.3 Å². The minimum Gasteiger partial charge on any atom is -0.486 e. The molecule has 0 aliphatic carbocycles. The fourth-order valence-electron chi connectivity index (χ4n) is 1.60. The predicted octanol–water partition coefficient (Wildman–Crippen LogP) is 2.36. The van der Waals surface area contributed by atoms with Crippen molar-refractivity contribution in [1.82, 2.24) is 5.32 Å². The van der Waals surface area contributed by atoms with E-state index < -0.39 is 0 Å². The molecule has 0 spiro atoms. The number of hydrogen-bond acceptors (Lipinski definition) is 3. The van der Waals surface area contributed by atoms with Crippen LogP contribution in [0.15, 0.2) is 18.2 Å². The van der Waals surface area contributed by atoms with E-state index in [2.05, 4.69) is 21.2 Å². The molecular formula is C13H16BrNO3. The Balaban J connectivity index is 2.16. The molecule has 1 N–H and O–H groups in total. The van der Waals surface area contributed by atoms with Crippen LogP contribution in [0.3, 0.4) is 0 Å². The summed E-state index contributed by atoms with van der Waals surface area (Å²) in [6.07, 6.45) is 0. The lowest BCUT2D eigenvalue weighted by Crippen LogP contribution is -2.44. The van der Waals surface area contributed by atoms with Gasteiger partial charge >= 0.3 is 0 Å². The van der Waals surface area contributed by atoms with Crippen molar-refractivity contribution in [3.05, 3.63) is 23.8 Å². The zero-order valence-corrected chi connectivity index (χ0v) is 12.0. The molecule has 98 valence electrons. The molecule has 0 fully saturated rings. The third kappa shape index (κ3) is 2.96. The van der Waals surface area contributed by atoms with E-state index in [0.717, 1.165) is 0 Å². The molecule has 1 heterocycles. The summed E-state index contributed by atoms with van der Waals surface area (Å²) < 4.78 is 10.9. The summed E-state index contributed by atoms with van der Waals surface area (Å²) in [4.78, 5) is 12.1. The summed E-state index contributed by atoms with van der Waals surface area (Å²) in [6, 6.07) is 5.23. The zero-order valence-electron chi connectivity index (χ0n) is 10.5. The van der Waals surface area contributed by atoms with Crippen molar-refractivity contribution in [3.63, 3.8) is 0 Å². The second-order valence-corrected chi connectivity index (χ2v) is 5.39. The molecule has 1 aromatic carbocycles. The van der Waals surface area contributed by atoms with Crippen LogP contribution in [0, 0.1) is 0 Å². The van der Waals surface area contributed by atoms with Crippen LogP contribution in [0.5, 0.6) is 11.5 Å². The van der Waals surface area contributed by atoms with Crippen LogP contribution in [-0.2, 0) is 0 Å². The van der Waals surface area contributed by atoms with Gasteiger partial charge in [-0.3, -0.25) is 4.79 Å². The number of amides is 1. The van der Waals surface area contributed by atoms with E-state index in [1.165, 1.54) is 0 Å². The molecule has 0 saturated carbocycles. The number of alkyl halides is 1. The van der Waals surface area contributed by atoms with Crippen LogP contribution in [0.2, 0.25) is 0 Å². The van der Waals surface area contributed by atoms with Crippen LogP contribution in [-0.4, -0.2) is 30.0 Å². The molecule has 4 nitrogen and oxygen atoms in total. The lowest BCUT2D eigenvalue weighted by Gasteiger charge is -2.24. The second-order valence-electron chi connectivity index (χ2n) is 4.83. The molecule has 0 bridgehead atoms. The highest BCUT2D eigenvalue weighted by Crippen LogP contribution is 2.30. The van der Waals surface area contributed by atoms with E-state index in [4.69, 9.17) is 9.47 Å². The minimum atomic E-state index is -0.287. The molecule has 0 atom stereocenters. The first kappa shape index (κ1) is 13.2. The van der Waals surface area contributed by atoms with Crippen LogP contribution in [0.25, 0.3) is 0 Å². The Morgan fingerprint density at radius 2 is 2.00 bits per heavy atom. The molecule has 2 rings (SSSR count). The van der Waals surface area contributed by atoms with E-state index in [9.17, 15) is 4.79 Å². The van der Waals surface area contributed by atoms with E-state index in [1.807, 2.05) is 13.8 Å². The molecule has 1 amide bonds. The normalized spacial score (nSPS) is 14.2. The van der Waals surface area contributed by atoms with E-state index in [0.29, 0.717) is 35.6 Å². The summed E-state index contributed by atoms with van der Waals surface area (Å²) in [5.74, 6) is 1.21. The maximum absolute atomic E-state index is 12.1. The maximum atomic E-state index is 12.1. The van der Waals surface area contributed by atoms with Crippen LogP contribution in [0.4, 0.5) is 0 Å². The summed E-state index contributed by atoms with van der Waals surface area (Å²) in [5.41, 5.74) is 0.290. The van der Waals surface area contributed by atoms with Crippen molar-refractivity contribution in [2.45, 2.75) is 19.4 Å². The number of carbonyl (C=O) groups excluding carboxylic acids is 1. The van der Waals surface area contributed by atoms with Crippen molar-refractivity contribution in [1.29, 1.82) is 0 Å². The molecule has 1 aliphatic heterocycles. The fourth-order valence-corrected chi connectivity index (χ4v) is 1.74. The summed E-state index contributed by atoms with van der Waals surface area (Å²) in [6.45, 7) is 4.98. The number of rotatable bonds is 3. The Kier molecular flexibility index (Phi) is 3.80. The third-order valence-electron chi connectivity index (χ3n) is 2.59. The molecule has 0 aromatic heterocycles. The quantitative estimate of drug-likeness (QED) is 0.871. The number of halogens is 1. The monoisotopic (exact) mass is 313 g/mol. The number of carbonyl (C=O) groups is 1. The van der Waals surface area contributed by atoms with Crippen molar-refractivity contribution >= 4 is 21.8 Å². The van der Waals surface area contributed by atoms with Gasteiger partial charge in [0.05, 0.1) is 0 Å². The molecule has 0 saturated heterocycles. The van der Waals surface area contributed by atoms with E-state index in [1.54, 1.807) is 18.2 Å². The lowest BCUT2D eigenvalue weighted by atomic mass is 10.1. The van der Waals surface area contributed by atoms with Gasteiger partial charge in [0.25, 0.3) is 5.91 Å². The highest BCUT2D eigenvalue weighted by Gasteiger charge is 2.21. The standard InChI is InChI=1S/C13H16BrNO3/c1-13(2,8-14)15-12(16)9-3-4-10-11(7-9)18-6-5-17-10/h3-4,7H,5-6,8H2,1-2H3,(H,15,16). The number of fused-ring (bicyclic) bond motifs is 1. The zero-order chi connectivity index (χ0) is 13.2. The topological polar surface area (TPSA) is 47.6 Å². The van der Waals surface area contributed by atoms with Gasteiger partial charge in [-0.15, -0.1) is 0 Å². The Bertz CT molecular complexity index is 460. The maximum Gasteiger partial charge on any atom is 0.251 e. The van der Waals surface area contributed by atoms with Gasteiger partial charge in [0, 0.05) is 16.4 Å². The molecular weight excluding hydrogens is 298 g/mol. The summed E-state index contributed by atoms with van der Waals surface area (Å²) in [7, 11) is 0. The van der Waals surface area contributed by atoms with Gasteiger partial charge < -0.3 is 14.8 Å². The predicted molar refractivity (Wildman–Crippen MR) is 72.8 cm³/mol. The first-order valence-electron chi connectivity index (χ1n) is 5.80. The van der Waals surface area contributed by atoms with Gasteiger partial charge in [-0.05, 0) is 32.0 Å². The molecule has 0 unspecified atom stereocenters. The van der Waals surface area contributed by atoms with Gasteiger partial charge in [-0.25, -0.2) is 0 Å². The molecule has 18 heavy (non-hydrogen) atoms. The highest BCUT2D eigenvalue weighted by atomic mass is 79.9. The van der Waals surface area contributed by atoms with Gasteiger partial charge in [-0.2, -0.15) is 0 Å². The molecule has 1 aromatic rings. The van der Waals surface area contributed by atoms with Gasteiger partial charge in [0.2, 0.25) is 0 Å². The van der Waals surface area contributed by atoms with Crippen LogP contribution < -0.4 is 14.8 Å². The molecule has 0 radical (unpaired) electrons. The smallest absolute Gasteiger partial charge is 0.251 e. The first-order chi connectivity index (χ1) is 8.52. The highest BCUT2D eigenvalue weighted by molar-refractivity contribution is 9.09. The fraction of sp³-hybridized carbons (Fsp3) is 0.462. The Morgan fingerprint density at radius 1 is 1.33 bits per heavy atom. The van der Waals surface area contributed by atoms with Gasteiger partial charge in [0.15, 0.2) is 11.5 Å². The Labute approximate surface area is 115 Å². The molecule has 5 heteroatoms. The lowest BCUT2D eigenvalue weighted by molar-refractivity contribution is 0.0920. The van der Waals surface area contributed by atoms with Crippen LogP contribution >= 0.6 is 15.9 Å². The van der Waals surface area contributed by atoms with E-state index >= 15 is 0 Å². The van der Waals surface area contributed by atoms with Crippen molar-refractivity contribution in [2.75, 3.05) is 18.5 Å². The SMILES string of the molecule is CC(C)(CBr)NC(=O)c1ccc2c(c1)OCCO2. The third-order valence-corrected chi connectivity index (χ3v) is 3.99. The van der Waals surface area contributed by atoms with E-state index in [-0.39, 0.29) is 11.4 Å².